The molecule has 0 heterocycles. The fraction of sp³-hybridized carbons (Fsp3) is 0.462. The van der Waals surface area contributed by atoms with Gasteiger partial charge in [-0.3, -0.25) is 0 Å². The molecule has 0 aliphatic heterocycles. The van der Waals surface area contributed by atoms with E-state index in [4.69, 9.17) is 15.2 Å². The van der Waals surface area contributed by atoms with Crippen molar-refractivity contribution in [3.63, 3.8) is 0 Å². The van der Waals surface area contributed by atoms with Crippen molar-refractivity contribution in [1.82, 2.24) is 0 Å². The van der Waals surface area contributed by atoms with Crippen LogP contribution in [0.15, 0.2) is 18.2 Å². The Morgan fingerprint density at radius 3 is 2.82 bits per heavy atom. The molecule has 0 aromatic heterocycles. The second-order valence-corrected chi connectivity index (χ2v) is 4.36. The van der Waals surface area contributed by atoms with E-state index in [0.717, 1.165) is 0 Å². The Morgan fingerprint density at radius 1 is 1.47 bits per heavy atom. The van der Waals surface area contributed by atoms with Gasteiger partial charge in [0.1, 0.15) is 11.3 Å². The molecule has 0 atom stereocenters. The number of hydrogen-bond acceptors (Lipinski definition) is 4. The number of ether oxygens (including phenoxy) is 2. The molecule has 0 bridgehead atoms. The van der Waals surface area contributed by atoms with Crippen LogP contribution in [0.2, 0.25) is 0 Å². The maximum Gasteiger partial charge on any atom is 0.341 e. The topological polar surface area (TPSA) is 61.5 Å². The van der Waals surface area contributed by atoms with Crippen molar-refractivity contribution in [2.75, 3.05) is 19.5 Å². The summed E-state index contributed by atoms with van der Waals surface area (Å²) in [6, 6.07) is 5.03. The molecule has 17 heavy (non-hydrogen) atoms. The lowest BCUT2D eigenvalue weighted by Gasteiger charge is -2.25. The van der Waals surface area contributed by atoms with E-state index in [9.17, 15) is 4.79 Å². The van der Waals surface area contributed by atoms with Crippen molar-refractivity contribution in [2.24, 2.45) is 5.92 Å². The summed E-state index contributed by atoms with van der Waals surface area (Å²) in [4.78, 5) is 11.6. The maximum atomic E-state index is 11.6. The van der Waals surface area contributed by atoms with Crippen molar-refractivity contribution in [3.05, 3.63) is 23.8 Å². The van der Waals surface area contributed by atoms with Gasteiger partial charge in [0.2, 0.25) is 0 Å². The number of hydrogen-bond donors (Lipinski definition) is 1. The largest absolute Gasteiger partial charge is 0.492 e. The first-order valence-electron chi connectivity index (χ1n) is 5.81. The molecule has 4 nitrogen and oxygen atoms in total. The van der Waals surface area contributed by atoms with Gasteiger partial charge in [-0.25, -0.2) is 4.79 Å². The van der Waals surface area contributed by atoms with E-state index >= 15 is 0 Å². The molecule has 0 amide bonds. The van der Waals surface area contributed by atoms with Crippen molar-refractivity contribution in [3.8, 4) is 5.75 Å². The van der Waals surface area contributed by atoms with E-state index in [1.165, 1.54) is 26.4 Å². The van der Waals surface area contributed by atoms with Gasteiger partial charge in [0, 0.05) is 5.69 Å². The second kappa shape index (κ2) is 5.08. The highest BCUT2D eigenvalue weighted by atomic mass is 16.5. The Labute approximate surface area is 101 Å². The monoisotopic (exact) mass is 235 g/mol. The second-order valence-electron chi connectivity index (χ2n) is 4.36. The summed E-state index contributed by atoms with van der Waals surface area (Å²) >= 11 is 0. The summed E-state index contributed by atoms with van der Waals surface area (Å²) in [6.07, 6.45) is 3.70. The number of carbonyl (C=O) groups is 1. The van der Waals surface area contributed by atoms with Gasteiger partial charge in [-0.15, -0.1) is 0 Å². The molecule has 0 spiro atoms. The Hall–Kier alpha value is -1.71. The van der Waals surface area contributed by atoms with Crippen LogP contribution in [0.4, 0.5) is 5.69 Å². The number of nitrogens with two attached hydrogens (primary N) is 1. The van der Waals surface area contributed by atoms with E-state index in [-0.39, 0.29) is 0 Å². The number of rotatable bonds is 4. The first-order chi connectivity index (χ1) is 8.20. The zero-order chi connectivity index (χ0) is 12.3. The number of carbonyl (C=O) groups excluding carboxylic acids is 1. The molecule has 1 aromatic carbocycles. The summed E-state index contributed by atoms with van der Waals surface area (Å²) in [6.45, 7) is 0.661. The average Bonchev–Trinajstić information content (AvgIpc) is 2.27. The number of anilines is 1. The van der Waals surface area contributed by atoms with Gasteiger partial charge in [0.05, 0.1) is 13.7 Å². The average molecular weight is 235 g/mol. The van der Waals surface area contributed by atoms with Crippen LogP contribution in [0.25, 0.3) is 0 Å². The van der Waals surface area contributed by atoms with Crippen LogP contribution in [0.5, 0.6) is 5.75 Å². The molecular weight excluding hydrogens is 218 g/mol. The molecule has 4 heteroatoms. The highest BCUT2D eigenvalue weighted by Crippen LogP contribution is 2.29. The van der Waals surface area contributed by atoms with Crippen molar-refractivity contribution in [1.29, 1.82) is 0 Å². The van der Waals surface area contributed by atoms with Crippen LogP contribution in [-0.4, -0.2) is 19.7 Å². The van der Waals surface area contributed by atoms with Crippen LogP contribution in [-0.2, 0) is 4.74 Å². The van der Waals surface area contributed by atoms with Crippen LogP contribution >= 0.6 is 0 Å². The Bertz CT molecular complexity index is 413. The molecule has 1 aliphatic carbocycles. The zero-order valence-corrected chi connectivity index (χ0v) is 9.94. The molecule has 0 saturated heterocycles. The summed E-state index contributed by atoms with van der Waals surface area (Å²) < 4.78 is 10.4. The number of esters is 1. The summed E-state index contributed by atoms with van der Waals surface area (Å²) in [7, 11) is 1.35. The molecule has 0 unspecified atom stereocenters. The Balaban J connectivity index is 2.10. The Morgan fingerprint density at radius 2 is 2.24 bits per heavy atom. The van der Waals surface area contributed by atoms with Gasteiger partial charge in [-0.1, -0.05) is 6.42 Å². The third-order valence-electron chi connectivity index (χ3n) is 3.11. The predicted octanol–water partition coefficient (Wildman–Crippen LogP) is 2.23. The first-order valence-corrected chi connectivity index (χ1v) is 5.81. The quantitative estimate of drug-likeness (QED) is 0.642. The SMILES string of the molecule is COC(=O)c1cc(N)ccc1OCC1CCC1. The van der Waals surface area contributed by atoms with Gasteiger partial charge >= 0.3 is 5.97 Å². The van der Waals surface area contributed by atoms with E-state index in [1.807, 2.05) is 0 Å². The van der Waals surface area contributed by atoms with Crippen LogP contribution < -0.4 is 10.5 Å². The van der Waals surface area contributed by atoms with Crippen molar-refractivity contribution in [2.45, 2.75) is 19.3 Å². The fourth-order valence-electron chi connectivity index (χ4n) is 1.81. The summed E-state index contributed by atoms with van der Waals surface area (Å²) in [5.74, 6) is 0.761. The molecule has 1 saturated carbocycles. The smallest absolute Gasteiger partial charge is 0.341 e. The van der Waals surface area contributed by atoms with Gasteiger partial charge in [0.25, 0.3) is 0 Å². The van der Waals surface area contributed by atoms with Gasteiger partial charge in [-0.2, -0.15) is 0 Å². The lowest BCUT2D eigenvalue weighted by atomic mass is 9.86. The van der Waals surface area contributed by atoms with E-state index in [0.29, 0.717) is 29.5 Å². The molecule has 92 valence electrons. The summed E-state index contributed by atoms with van der Waals surface area (Å²) in [5, 5.41) is 0. The van der Waals surface area contributed by atoms with Crippen LogP contribution in [0.3, 0.4) is 0 Å². The molecule has 1 aromatic rings. The van der Waals surface area contributed by atoms with Gasteiger partial charge in [0.15, 0.2) is 0 Å². The third kappa shape index (κ3) is 2.70. The minimum atomic E-state index is -0.416. The van der Waals surface area contributed by atoms with Crippen molar-refractivity contribution < 1.29 is 14.3 Å². The molecule has 2 rings (SSSR count). The molecular formula is C13H17NO3. The van der Waals surface area contributed by atoms with Crippen LogP contribution in [0, 0.1) is 5.92 Å². The highest BCUT2D eigenvalue weighted by Gasteiger charge is 2.20. The fourth-order valence-corrected chi connectivity index (χ4v) is 1.81. The Kier molecular flexibility index (Phi) is 3.52. The number of methoxy groups -OCH3 is 1. The molecule has 1 aliphatic rings. The molecule has 2 N–H and O–H groups in total. The summed E-state index contributed by atoms with van der Waals surface area (Å²) in [5.41, 5.74) is 6.57. The lowest BCUT2D eigenvalue weighted by Crippen LogP contribution is -2.20. The van der Waals surface area contributed by atoms with E-state index < -0.39 is 5.97 Å². The normalized spacial score (nSPS) is 15.1. The molecule has 1 fully saturated rings. The van der Waals surface area contributed by atoms with E-state index in [2.05, 4.69) is 0 Å². The van der Waals surface area contributed by atoms with Crippen molar-refractivity contribution >= 4 is 11.7 Å². The van der Waals surface area contributed by atoms with E-state index in [1.54, 1.807) is 18.2 Å². The maximum absolute atomic E-state index is 11.6. The standard InChI is InChI=1S/C13H17NO3/c1-16-13(15)11-7-10(14)5-6-12(11)17-8-9-3-2-4-9/h5-7,9H,2-4,8,14H2,1H3. The van der Waals surface area contributed by atoms with Gasteiger partial charge < -0.3 is 15.2 Å². The van der Waals surface area contributed by atoms with Crippen LogP contribution in [0.1, 0.15) is 29.6 Å². The first kappa shape index (κ1) is 11.8. The minimum Gasteiger partial charge on any atom is -0.492 e. The third-order valence-corrected chi connectivity index (χ3v) is 3.11. The predicted molar refractivity (Wildman–Crippen MR) is 65.0 cm³/mol. The number of benzene rings is 1. The van der Waals surface area contributed by atoms with Gasteiger partial charge in [-0.05, 0) is 37.0 Å². The zero-order valence-electron chi connectivity index (χ0n) is 9.94. The molecule has 0 radical (unpaired) electrons. The number of nitrogen functional groups attached to an aromatic ring is 1. The lowest BCUT2D eigenvalue weighted by molar-refractivity contribution is 0.0594. The highest BCUT2D eigenvalue weighted by molar-refractivity contribution is 5.93. The minimum absolute atomic E-state index is 0.395.